The summed E-state index contributed by atoms with van der Waals surface area (Å²) in [6, 6.07) is 6.07. The van der Waals surface area contributed by atoms with Crippen LogP contribution in [0.1, 0.15) is 32.6 Å². The Morgan fingerprint density at radius 1 is 1.24 bits per heavy atom. The van der Waals surface area contributed by atoms with Gasteiger partial charge in [0.25, 0.3) is 0 Å². The second-order valence-electron chi connectivity index (χ2n) is 7.22. The minimum atomic E-state index is -3.59. The van der Waals surface area contributed by atoms with Crippen LogP contribution in [0.2, 0.25) is 0 Å². The van der Waals surface area contributed by atoms with E-state index in [2.05, 4.69) is 5.32 Å². The second-order valence-corrected chi connectivity index (χ2v) is 9.08. The maximum Gasteiger partial charge on any atom is 0.243 e. The van der Waals surface area contributed by atoms with Crippen LogP contribution in [-0.4, -0.2) is 39.8 Å². The normalized spacial score (nSPS) is 26.3. The predicted molar refractivity (Wildman–Crippen MR) is 97.2 cm³/mol. The van der Waals surface area contributed by atoms with Gasteiger partial charge in [0.2, 0.25) is 15.9 Å². The van der Waals surface area contributed by atoms with Crippen molar-refractivity contribution in [3.05, 3.63) is 24.3 Å². The molecule has 1 N–H and O–H groups in total. The summed E-state index contributed by atoms with van der Waals surface area (Å²) in [6.07, 6.45) is 5.75. The molecule has 25 heavy (non-hydrogen) atoms. The van der Waals surface area contributed by atoms with Gasteiger partial charge in [-0.1, -0.05) is 6.42 Å². The molecular weight excluding hydrogens is 340 g/mol. The topological polar surface area (TPSA) is 75.7 Å². The molecule has 0 aromatic heterocycles. The monoisotopic (exact) mass is 366 g/mol. The van der Waals surface area contributed by atoms with Crippen molar-refractivity contribution in [3.8, 4) is 5.75 Å². The number of ether oxygens (including phenoxy) is 1. The summed E-state index contributed by atoms with van der Waals surface area (Å²) in [7, 11) is -2.04. The predicted octanol–water partition coefficient (Wildman–Crippen LogP) is 2.15. The van der Waals surface area contributed by atoms with E-state index in [1.165, 1.54) is 17.1 Å². The highest BCUT2D eigenvalue weighted by atomic mass is 32.2. The molecule has 1 aromatic rings. The Morgan fingerprint density at radius 3 is 2.40 bits per heavy atom. The molecule has 0 unspecified atom stereocenters. The van der Waals surface area contributed by atoms with Crippen molar-refractivity contribution in [1.82, 2.24) is 5.32 Å². The zero-order valence-corrected chi connectivity index (χ0v) is 15.8. The van der Waals surface area contributed by atoms with Crippen LogP contribution in [0.15, 0.2) is 24.3 Å². The number of benzene rings is 1. The van der Waals surface area contributed by atoms with Gasteiger partial charge in [0.05, 0.1) is 19.1 Å². The minimum absolute atomic E-state index is 0.186. The molecule has 1 amide bonds. The lowest BCUT2D eigenvalue weighted by Gasteiger charge is -2.31. The molecule has 4 atom stereocenters. The summed E-state index contributed by atoms with van der Waals surface area (Å²) < 4.78 is 30.9. The lowest BCUT2D eigenvalue weighted by molar-refractivity contribution is -0.122. The highest BCUT2D eigenvalue weighted by Gasteiger charge is 2.41. The maximum absolute atomic E-state index is 12.7. The van der Waals surface area contributed by atoms with Crippen LogP contribution in [-0.2, 0) is 14.8 Å². The van der Waals surface area contributed by atoms with Gasteiger partial charge < -0.3 is 10.1 Å². The third-order valence-corrected chi connectivity index (χ3v) is 6.72. The number of carbonyl (C=O) groups is 1. The first-order chi connectivity index (χ1) is 11.8. The van der Waals surface area contributed by atoms with Crippen LogP contribution >= 0.6 is 0 Å². The molecule has 1 aromatic carbocycles. The second kappa shape index (κ2) is 6.86. The van der Waals surface area contributed by atoms with E-state index in [-0.39, 0.29) is 11.9 Å². The van der Waals surface area contributed by atoms with Gasteiger partial charge >= 0.3 is 0 Å². The molecule has 2 aliphatic rings. The quantitative estimate of drug-likeness (QED) is 0.837. The van der Waals surface area contributed by atoms with Gasteiger partial charge in [0.1, 0.15) is 11.8 Å². The van der Waals surface area contributed by atoms with Crippen molar-refractivity contribution in [2.45, 2.75) is 44.7 Å². The molecule has 2 bridgehead atoms. The number of carbonyl (C=O) groups excluding carboxylic acids is 1. The highest BCUT2D eigenvalue weighted by molar-refractivity contribution is 7.92. The molecule has 0 saturated heterocycles. The average molecular weight is 366 g/mol. The van der Waals surface area contributed by atoms with Gasteiger partial charge in [-0.05, 0) is 62.3 Å². The molecule has 0 radical (unpaired) electrons. The average Bonchev–Trinajstić information content (AvgIpc) is 3.17. The zero-order chi connectivity index (χ0) is 18.2. The Kier molecular flexibility index (Phi) is 4.95. The molecule has 3 rings (SSSR count). The number of methoxy groups -OCH3 is 1. The Labute approximate surface area is 149 Å². The van der Waals surface area contributed by atoms with E-state index in [1.807, 2.05) is 0 Å². The van der Waals surface area contributed by atoms with Gasteiger partial charge in [-0.3, -0.25) is 9.10 Å². The van der Waals surface area contributed by atoms with Crippen LogP contribution in [0.25, 0.3) is 0 Å². The number of fused-ring (bicyclic) bond motifs is 2. The van der Waals surface area contributed by atoms with E-state index >= 15 is 0 Å². The summed E-state index contributed by atoms with van der Waals surface area (Å²) in [6.45, 7) is 1.63. The van der Waals surface area contributed by atoms with Gasteiger partial charge in [-0.15, -0.1) is 0 Å². The summed E-state index contributed by atoms with van der Waals surface area (Å²) in [5, 5.41) is 3.09. The number of nitrogens with zero attached hydrogens (tertiary/aromatic N) is 1. The van der Waals surface area contributed by atoms with Gasteiger partial charge in [0.15, 0.2) is 0 Å². The zero-order valence-electron chi connectivity index (χ0n) is 14.9. The van der Waals surface area contributed by atoms with Crippen molar-refractivity contribution >= 4 is 21.6 Å². The number of rotatable bonds is 6. The lowest BCUT2D eigenvalue weighted by atomic mass is 9.95. The third kappa shape index (κ3) is 3.76. The van der Waals surface area contributed by atoms with Crippen LogP contribution in [0, 0.1) is 11.8 Å². The van der Waals surface area contributed by atoms with Crippen molar-refractivity contribution in [2.24, 2.45) is 11.8 Å². The van der Waals surface area contributed by atoms with Gasteiger partial charge in [-0.25, -0.2) is 8.42 Å². The number of amides is 1. The van der Waals surface area contributed by atoms with Crippen molar-refractivity contribution in [3.63, 3.8) is 0 Å². The van der Waals surface area contributed by atoms with Crippen molar-refractivity contribution in [1.29, 1.82) is 0 Å². The number of nitrogens with one attached hydrogen (secondary N) is 1. The van der Waals surface area contributed by atoms with E-state index in [9.17, 15) is 13.2 Å². The van der Waals surface area contributed by atoms with Gasteiger partial charge in [-0.2, -0.15) is 0 Å². The summed E-state index contributed by atoms with van der Waals surface area (Å²) in [4.78, 5) is 12.7. The summed E-state index contributed by atoms with van der Waals surface area (Å²) >= 11 is 0. The molecule has 6 nitrogen and oxygen atoms in total. The largest absolute Gasteiger partial charge is 0.497 e. The van der Waals surface area contributed by atoms with Gasteiger partial charge in [0, 0.05) is 6.04 Å². The molecule has 2 fully saturated rings. The number of anilines is 1. The first kappa shape index (κ1) is 18.0. The van der Waals surface area contributed by atoms with E-state index in [0.29, 0.717) is 17.4 Å². The Bertz CT molecular complexity index is 732. The molecule has 2 aliphatic carbocycles. The molecule has 138 valence electrons. The number of sulfonamides is 1. The number of hydrogen-bond acceptors (Lipinski definition) is 4. The van der Waals surface area contributed by atoms with Crippen LogP contribution in [0.3, 0.4) is 0 Å². The van der Waals surface area contributed by atoms with Crippen LogP contribution < -0.4 is 14.4 Å². The minimum Gasteiger partial charge on any atom is -0.497 e. The first-order valence-electron chi connectivity index (χ1n) is 8.73. The Hall–Kier alpha value is -1.76. The summed E-state index contributed by atoms with van der Waals surface area (Å²) in [5.41, 5.74) is 0.457. The van der Waals surface area contributed by atoms with E-state index in [0.717, 1.165) is 25.0 Å². The molecule has 0 spiro atoms. The van der Waals surface area contributed by atoms with Crippen molar-refractivity contribution in [2.75, 3.05) is 17.7 Å². The number of hydrogen-bond donors (Lipinski definition) is 1. The fraction of sp³-hybridized carbons (Fsp3) is 0.611. The molecule has 0 aliphatic heterocycles. The third-order valence-electron chi connectivity index (χ3n) is 5.48. The van der Waals surface area contributed by atoms with Crippen LogP contribution in [0.4, 0.5) is 5.69 Å². The first-order valence-corrected chi connectivity index (χ1v) is 10.6. The fourth-order valence-corrected chi connectivity index (χ4v) is 5.44. The molecule has 0 heterocycles. The molecule has 2 saturated carbocycles. The molecular formula is C18H26N2O4S. The Balaban J connectivity index is 1.76. The highest BCUT2D eigenvalue weighted by Crippen LogP contribution is 2.44. The smallest absolute Gasteiger partial charge is 0.243 e. The van der Waals surface area contributed by atoms with E-state index in [1.54, 1.807) is 38.3 Å². The van der Waals surface area contributed by atoms with Crippen LogP contribution in [0.5, 0.6) is 5.75 Å². The van der Waals surface area contributed by atoms with Crippen molar-refractivity contribution < 1.29 is 17.9 Å². The summed E-state index contributed by atoms with van der Waals surface area (Å²) in [5.74, 6) is 1.67. The SMILES string of the molecule is COc1ccc(N([C@@H](C)C(=O)N[C@H]2C[C@H]3CC[C@H]2C3)S(C)(=O)=O)cc1. The van der Waals surface area contributed by atoms with E-state index in [4.69, 9.17) is 4.74 Å². The molecule has 7 heteroatoms. The van der Waals surface area contributed by atoms with E-state index < -0.39 is 16.1 Å². The Morgan fingerprint density at radius 2 is 1.92 bits per heavy atom. The maximum atomic E-state index is 12.7. The lowest BCUT2D eigenvalue weighted by Crippen LogP contribution is -2.51. The fourth-order valence-electron chi connectivity index (χ4n) is 4.26. The standard InChI is InChI=1S/C18H26N2O4S/c1-12(18(21)19-17-11-13-4-5-14(17)10-13)20(25(3,22)23)15-6-8-16(24-2)9-7-15/h6-9,12-14,17H,4-5,10-11H2,1-3H3,(H,19,21)/t12-,13-,14-,17-/m0/s1.